The summed E-state index contributed by atoms with van der Waals surface area (Å²) in [6.45, 7) is 4.96. The molecule has 1 heterocycles. The summed E-state index contributed by atoms with van der Waals surface area (Å²) in [4.78, 5) is 8.11. The smallest absolute Gasteiger partial charge is 0.130 e. The van der Waals surface area contributed by atoms with Crippen LogP contribution in [0.5, 0.6) is 0 Å². The van der Waals surface area contributed by atoms with Crippen LogP contribution >= 0.6 is 15.9 Å². The Morgan fingerprint density at radius 1 is 1.47 bits per heavy atom. The van der Waals surface area contributed by atoms with Gasteiger partial charge in [0.25, 0.3) is 0 Å². The molecule has 0 fully saturated rings. The summed E-state index contributed by atoms with van der Waals surface area (Å²) in [5.41, 5.74) is 0. The lowest BCUT2D eigenvalue weighted by atomic mass is 10.1. The highest BCUT2D eigenvalue weighted by Crippen LogP contribution is 2.13. The first-order valence-corrected chi connectivity index (χ1v) is 5.65. The van der Waals surface area contributed by atoms with E-state index in [2.05, 4.69) is 45.1 Å². The summed E-state index contributed by atoms with van der Waals surface area (Å²) in [7, 11) is 1.70. The monoisotopic (exact) mass is 273 g/mol. The Hall–Kier alpha value is -0.680. The van der Waals surface area contributed by atoms with Gasteiger partial charge in [-0.05, 0) is 21.8 Å². The number of nitrogens with one attached hydrogen (secondary N) is 1. The molecule has 1 atom stereocenters. The highest BCUT2D eigenvalue weighted by molar-refractivity contribution is 9.10. The van der Waals surface area contributed by atoms with Crippen LogP contribution in [-0.2, 0) is 4.74 Å². The van der Waals surface area contributed by atoms with E-state index in [-0.39, 0.29) is 6.04 Å². The number of halogens is 1. The molecule has 1 rings (SSSR count). The van der Waals surface area contributed by atoms with E-state index in [1.165, 1.54) is 6.33 Å². The van der Waals surface area contributed by atoms with Crippen molar-refractivity contribution < 1.29 is 4.74 Å². The fourth-order valence-electron chi connectivity index (χ4n) is 1.18. The Kier molecular flexibility index (Phi) is 4.98. The molecule has 0 spiro atoms. The first-order valence-electron chi connectivity index (χ1n) is 4.86. The second kappa shape index (κ2) is 6.02. The maximum Gasteiger partial charge on any atom is 0.130 e. The molecule has 0 radical (unpaired) electrons. The van der Waals surface area contributed by atoms with Gasteiger partial charge in [-0.2, -0.15) is 0 Å². The quantitative estimate of drug-likeness (QED) is 0.837. The van der Waals surface area contributed by atoms with Crippen LogP contribution < -0.4 is 5.32 Å². The number of hydrogen-bond donors (Lipinski definition) is 1. The minimum Gasteiger partial charge on any atom is -0.383 e. The van der Waals surface area contributed by atoms with Crippen LogP contribution in [0.15, 0.2) is 17.0 Å². The Balaban J connectivity index is 2.65. The zero-order chi connectivity index (χ0) is 11.3. The minimum atomic E-state index is 0.261. The number of methoxy groups -OCH3 is 1. The maximum absolute atomic E-state index is 5.15. The van der Waals surface area contributed by atoms with Gasteiger partial charge in [0.05, 0.1) is 12.6 Å². The van der Waals surface area contributed by atoms with Crippen LogP contribution in [-0.4, -0.2) is 29.7 Å². The van der Waals surface area contributed by atoms with Gasteiger partial charge in [-0.15, -0.1) is 0 Å². The van der Waals surface area contributed by atoms with Gasteiger partial charge in [-0.3, -0.25) is 0 Å². The van der Waals surface area contributed by atoms with E-state index < -0.39 is 0 Å². The van der Waals surface area contributed by atoms with Crippen LogP contribution in [0.25, 0.3) is 0 Å². The lowest BCUT2D eigenvalue weighted by Crippen LogP contribution is -2.30. The fourth-order valence-corrected chi connectivity index (χ4v) is 1.49. The third kappa shape index (κ3) is 4.13. The molecule has 0 aromatic carbocycles. The van der Waals surface area contributed by atoms with Gasteiger partial charge in [0.2, 0.25) is 0 Å². The SMILES string of the molecule is COCC(Nc1cc(Br)ncn1)C(C)C. The lowest BCUT2D eigenvalue weighted by molar-refractivity contribution is 0.171. The highest BCUT2D eigenvalue weighted by Gasteiger charge is 2.13. The number of hydrogen-bond acceptors (Lipinski definition) is 4. The summed E-state index contributed by atoms with van der Waals surface area (Å²) in [5.74, 6) is 1.30. The molecule has 5 heteroatoms. The van der Waals surface area contributed by atoms with Crippen LogP contribution in [0, 0.1) is 5.92 Å². The molecular formula is C10H16BrN3O. The van der Waals surface area contributed by atoms with E-state index in [0.717, 1.165) is 10.4 Å². The molecule has 0 bridgehead atoms. The zero-order valence-electron chi connectivity index (χ0n) is 9.20. The Labute approximate surface area is 98.6 Å². The fraction of sp³-hybridized carbons (Fsp3) is 0.600. The van der Waals surface area contributed by atoms with Crippen molar-refractivity contribution in [2.24, 2.45) is 5.92 Å². The molecule has 1 unspecified atom stereocenters. The van der Waals surface area contributed by atoms with Crippen LogP contribution in [0.2, 0.25) is 0 Å². The first-order chi connectivity index (χ1) is 7.13. The molecule has 1 aromatic heterocycles. The molecule has 0 saturated carbocycles. The molecule has 0 aliphatic rings. The average molecular weight is 274 g/mol. The van der Waals surface area contributed by atoms with Gasteiger partial charge in [0.15, 0.2) is 0 Å². The molecule has 0 amide bonds. The van der Waals surface area contributed by atoms with Gasteiger partial charge in [-0.1, -0.05) is 13.8 Å². The van der Waals surface area contributed by atoms with Crippen molar-refractivity contribution in [3.8, 4) is 0 Å². The van der Waals surface area contributed by atoms with E-state index in [4.69, 9.17) is 4.74 Å². The molecule has 15 heavy (non-hydrogen) atoms. The van der Waals surface area contributed by atoms with E-state index in [1.807, 2.05) is 6.07 Å². The lowest BCUT2D eigenvalue weighted by Gasteiger charge is -2.21. The predicted molar refractivity (Wildman–Crippen MR) is 63.9 cm³/mol. The molecule has 0 aliphatic carbocycles. The van der Waals surface area contributed by atoms with Gasteiger partial charge in [0.1, 0.15) is 16.7 Å². The van der Waals surface area contributed by atoms with Crippen molar-refractivity contribution in [1.29, 1.82) is 0 Å². The third-order valence-corrected chi connectivity index (χ3v) is 2.55. The van der Waals surface area contributed by atoms with Crippen molar-refractivity contribution in [3.05, 3.63) is 17.0 Å². The second-order valence-corrected chi connectivity index (χ2v) is 4.49. The highest BCUT2D eigenvalue weighted by atomic mass is 79.9. The molecule has 84 valence electrons. The van der Waals surface area contributed by atoms with E-state index in [1.54, 1.807) is 7.11 Å². The number of rotatable bonds is 5. The topological polar surface area (TPSA) is 47.0 Å². The summed E-state index contributed by atoms with van der Waals surface area (Å²) in [6.07, 6.45) is 1.52. The summed E-state index contributed by atoms with van der Waals surface area (Å²) in [5, 5.41) is 3.31. The largest absolute Gasteiger partial charge is 0.383 e. The molecule has 1 N–H and O–H groups in total. The number of aromatic nitrogens is 2. The van der Waals surface area contributed by atoms with Gasteiger partial charge in [0, 0.05) is 13.2 Å². The maximum atomic E-state index is 5.15. The normalized spacial score (nSPS) is 12.9. The zero-order valence-corrected chi connectivity index (χ0v) is 10.8. The second-order valence-electron chi connectivity index (χ2n) is 3.68. The third-order valence-electron chi connectivity index (χ3n) is 2.12. The first kappa shape index (κ1) is 12.4. The average Bonchev–Trinajstić information content (AvgIpc) is 2.17. The van der Waals surface area contributed by atoms with Gasteiger partial charge < -0.3 is 10.1 Å². The molecule has 0 aliphatic heterocycles. The number of anilines is 1. The van der Waals surface area contributed by atoms with Crippen molar-refractivity contribution in [2.75, 3.05) is 19.0 Å². The predicted octanol–water partition coefficient (Wildman–Crippen LogP) is 2.32. The Bertz CT molecular complexity index is 306. The standard InChI is InChI=1S/C10H16BrN3O/c1-7(2)8(5-15-3)14-10-4-9(11)12-6-13-10/h4,6-8H,5H2,1-3H3,(H,12,13,14). The van der Waals surface area contributed by atoms with E-state index in [0.29, 0.717) is 12.5 Å². The Morgan fingerprint density at radius 3 is 2.73 bits per heavy atom. The molecular weight excluding hydrogens is 258 g/mol. The molecule has 1 aromatic rings. The van der Waals surface area contributed by atoms with E-state index >= 15 is 0 Å². The van der Waals surface area contributed by atoms with Gasteiger partial charge >= 0.3 is 0 Å². The summed E-state index contributed by atoms with van der Waals surface area (Å²) >= 11 is 3.31. The molecule has 0 saturated heterocycles. The van der Waals surface area contributed by atoms with Gasteiger partial charge in [-0.25, -0.2) is 9.97 Å². The van der Waals surface area contributed by atoms with Crippen LogP contribution in [0.1, 0.15) is 13.8 Å². The summed E-state index contributed by atoms with van der Waals surface area (Å²) < 4.78 is 5.93. The molecule has 4 nitrogen and oxygen atoms in total. The van der Waals surface area contributed by atoms with Crippen molar-refractivity contribution >= 4 is 21.7 Å². The minimum absolute atomic E-state index is 0.261. The number of ether oxygens (including phenoxy) is 1. The van der Waals surface area contributed by atoms with Crippen LogP contribution in [0.4, 0.5) is 5.82 Å². The van der Waals surface area contributed by atoms with E-state index in [9.17, 15) is 0 Å². The summed E-state index contributed by atoms with van der Waals surface area (Å²) in [6, 6.07) is 2.11. The Morgan fingerprint density at radius 2 is 2.20 bits per heavy atom. The van der Waals surface area contributed by atoms with Crippen molar-refractivity contribution in [3.63, 3.8) is 0 Å². The number of nitrogens with zero attached hydrogens (tertiary/aromatic N) is 2. The van der Waals surface area contributed by atoms with Crippen molar-refractivity contribution in [2.45, 2.75) is 19.9 Å². The van der Waals surface area contributed by atoms with Crippen molar-refractivity contribution in [1.82, 2.24) is 9.97 Å². The van der Waals surface area contributed by atoms with Crippen LogP contribution in [0.3, 0.4) is 0 Å².